The fraction of sp³-hybridized carbons (Fsp3) is 0.591. The van der Waals surface area contributed by atoms with Crippen LogP contribution in [0.1, 0.15) is 69.2 Å². The average molecular weight is 383 g/mol. The largest absolute Gasteiger partial charge is 0.338 e. The summed E-state index contributed by atoms with van der Waals surface area (Å²) in [5, 5.41) is 0. The highest BCUT2D eigenvalue weighted by Crippen LogP contribution is 2.44. The van der Waals surface area contributed by atoms with E-state index >= 15 is 0 Å². The monoisotopic (exact) mass is 383 g/mol. The Bertz CT molecular complexity index is 802. The number of benzene rings is 1. The Labute approximate surface area is 166 Å². The molecule has 0 unspecified atom stereocenters. The second kappa shape index (κ2) is 7.22. The smallest absolute Gasteiger partial charge is 0.258 e. The lowest BCUT2D eigenvalue weighted by atomic mass is 9.94. The van der Waals surface area contributed by atoms with Crippen LogP contribution >= 0.6 is 0 Å². The zero-order valence-corrected chi connectivity index (χ0v) is 16.8. The Morgan fingerprint density at radius 2 is 1.89 bits per heavy atom. The molecule has 2 aliphatic heterocycles. The molecule has 0 N–H and O–H groups in total. The van der Waals surface area contributed by atoms with E-state index in [1.165, 1.54) is 6.42 Å². The number of hydrogen-bond acceptors (Lipinski definition) is 3. The van der Waals surface area contributed by atoms with Crippen molar-refractivity contribution in [2.45, 2.75) is 70.5 Å². The Morgan fingerprint density at radius 3 is 2.61 bits per heavy atom. The summed E-state index contributed by atoms with van der Waals surface area (Å²) in [6.45, 7) is 4.60. The van der Waals surface area contributed by atoms with Gasteiger partial charge < -0.3 is 9.80 Å². The van der Waals surface area contributed by atoms with Crippen molar-refractivity contribution in [3.05, 3.63) is 29.8 Å². The molecule has 1 aromatic carbocycles. The summed E-state index contributed by atoms with van der Waals surface area (Å²) in [4.78, 5) is 44.5. The first-order valence-electron chi connectivity index (χ1n) is 10.5. The van der Waals surface area contributed by atoms with Gasteiger partial charge in [0.25, 0.3) is 5.91 Å². The van der Waals surface area contributed by atoms with E-state index in [2.05, 4.69) is 0 Å². The number of hydrogen-bond donors (Lipinski definition) is 0. The van der Waals surface area contributed by atoms with E-state index < -0.39 is 5.66 Å². The molecule has 0 aromatic heterocycles. The highest BCUT2D eigenvalue weighted by molar-refractivity contribution is 6.11. The van der Waals surface area contributed by atoms with Gasteiger partial charge in [0.15, 0.2) is 0 Å². The number of anilines is 1. The molecule has 1 saturated carbocycles. The van der Waals surface area contributed by atoms with Gasteiger partial charge in [-0.2, -0.15) is 0 Å². The third-order valence-corrected chi connectivity index (χ3v) is 6.72. The van der Waals surface area contributed by atoms with Gasteiger partial charge in [-0.1, -0.05) is 31.4 Å². The SMILES string of the molecule is CCN(C(=O)CN1C(=O)c2ccccc2N2C(=O)CC[C@]12C)C1CCCCC1. The van der Waals surface area contributed by atoms with Crippen molar-refractivity contribution in [1.29, 1.82) is 0 Å². The molecule has 4 rings (SSSR count). The first-order chi connectivity index (χ1) is 13.5. The van der Waals surface area contributed by atoms with E-state index in [1.807, 2.05) is 30.9 Å². The zero-order chi connectivity index (χ0) is 19.9. The van der Waals surface area contributed by atoms with Crippen LogP contribution in [0.2, 0.25) is 0 Å². The number of carbonyl (C=O) groups excluding carboxylic acids is 3. The highest BCUT2D eigenvalue weighted by Gasteiger charge is 2.53. The van der Waals surface area contributed by atoms with Gasteiger partial charge in [0.05, 0.1) is 11.3 Å². The predicted molar refractivity (Wildman–Crippen MR) is 107 cm³/mol. The van der Waals surface area contributed by atoms with Crippen LogP contribution in [0.3, 0.4) is 0 Å². The first-order valence-corrected chi connectivity index (χ1v) is 10.5. The van der Waals surface area contributed by atoms with E-state index in [4.69, 9.17) is 0 Å². The predicted octanol–water partition coefficient (Wildman–Crippen LogP) is 3.17. The molecule has 1 aromatic rings. The highest BCUT2D eigenvalue weighted by atomic mass is 16.2. The zero-order valence-electron chi connectivity index (χ0n) is 16.8. The summed E-state index contributed by atoms with van der Waals surface area (Å²) < 4.78 is 0. The third-order valence-electron chi connectivity index (χ3n) is 6.72. The normalized spacial score (nSPS) is 24.9. The second-order valence-corrected chi connectivity index (χ2v) is 8.33. The number of fused-ring (bicyclic) bond motifs is 3. The van der Waals surface area contributed by atoms with Crippen molar-refractivity contribution in [2.24, 2.45) is 0 Å². The van der Waals surface area contributed by atoms with Crippen LogP contribution in [0, 0.1) is 0 Å². The van der Waals surface area contributed by atoms with Crippen molar-refractivity contribution < 1.29 is 14.4 Å². The number of nitrogens with zero attached hydrogens (tertiary/aromatic N) is 3. The molecule has 6 nitrogen and oxygen atoms in total. The minimum atomic E-state index is -0.774. The van der Waals surface area contributed by atoms with E-state index in [9.17, 15) is 14.4 Å². The van der Waals surface area contributed by atoms with E-state index in [0.29, 0.717) is 30.6 Å². The molecule has 1 saturated heterocycles. The Kier molecular flexibility index (Phi) is 4.89. The van der Waals surface area contributed by atoms with Crippen molar-refractivity contribution in [1.82, 2.24) is 9.80 Å². The second-order valence-electron chi connectivity index (χ2n) is 8.33. The molecular formula is C22H29N3O3. The summed E-state index contributed by atoms with van der Waals surface area (Å²) in [7, 11) is 0. The molecule has 2 heterocycles. The van der Waals surface area contributed by atoms with E-state index in [-0.39, 0.29) is 30.3 Å². The summed E-state index contributed by atoms with van der Waals surface area (Å²) in [6.07, 6.45) is 6.57. The standard InChI is InChI=1S/C22H29N3O3/c1-3-23(16-9-5-4-6-10-16)20(27)15-24-21(28)17-11-7-8-12-18(17)25-19(26)13-14-22(24,25)2/h7-8,11-12,16H,3-6,9-10,13-15H2,1-2H3/t22-/m1/s1. The summed E-state index contributed by atoms with van der Waals surface area (Å²) >= 11 is 0. The maximum Gasteiger partial charge on any atom is 0.258 e. The molecule has 0 radical (unpaired) electrons. The van der Waals surface area contributed by atoms with Gasteiger partial charge in [0.2, 0.25) is 11.8 Å². The average Bonchev–Trinajstić information content (AvgIpc) is 3.02. The summed E-state index contributed by atoms with van der Waals surface area (Å²) in [5.74, 6) is -0.153. The molecule has 1 aliphatic carbocycles. The maximum absolute atomic E-state index is 13.3. The Morgan fingerprint density at radius 1 is 1.18 bits per heavy atom. The molecule has 2 fully saturated rings. The molecule has 6 heteroatoms. The summed E-state index contributed by atoms with van der Waals surface area (Å²) in [6, 6.07) is 7.50. The molecule has 0 bridgehead atoms. The number of carbonyl (C=O) groups is 3. The van der Waals surface area contributed by atoms with Crippen LogP contribution in [0.5, 0.6) is 0 Å². The van der Waals surface area contributed by atoms with Gasteiger partial charge in [-0.25, -0.2) is 0 Å². The van der Waals surface area contributed by atoms with Gasteiger partial charge in [-0.3, -0.25) is 19.3 Å². The van der Waals surface area contributed by atoms with Crippen LogP contribution in [-0.2, 0) is 9.59 Å². The van der Waals surface area contributed by atoms with Crippen molar-refractivity contribution in [2.75, 3.05) is 18.0 Å². The fourth-order valence-electron chi connectivity index (χ4n) is 5.20. The Hall–Kier alpha value is -2.37. The van der Waals surface area contributed by atoms with Crippen LogP contribution < -0.4 is 4.90 Å². The molecule has 0 spiro atoms. The topological polar surface area (TPSA) is 60.9 Å². The number of amides is 3. The van der Waals surface area contributed by atoms with Crippen molar-refractivity contribution in [3.8, 4) is 0 Å². The number of para-hydroxylation sites is 1. The van der Waals surface area contributed by atoms with Gasteiger partial charge in [-0.05, 0) is 45.2 Å². The molecular weight excluding hydrogens is 354 g/mol. The minimum absolute atomic E-state index is 0.0114. The van der Waals surface area contributed by atoms with Gasteiger partial charge in [0, 0.05) is 19.0 Å². The quantitative estimate of drug-likeness (QED) is 0.802. The minimum Gasteiger partial charge on any atom is -0.338 e. The van der Waals surface area contributed by atoms with Gasteiger partial charge in [-0.15, -0.1) is 0 Å². The summed E-state index contributed by atoms with van der Waals surface area (Å²) in [5.41, 5.74) is 0.397. The van der Waals surface area contributed by atoms with Crippen LogP contribution in [0.15, 0.2) is 24.3 Å². The van der Waals surface area contributed by atoms with E-state index in [0.717, 1.165) is 25.7 Å². The van der Waals surface area contributed by atoms with Crippen LogP contribution in [0.4, 0.5) is 5.69 Å². The van der Waals surface area contributed by atoms with Crippen molar-refractivity contribution in [3.63, 3.8) is 0 Å². The molecule has 3 amide bonds. The van der Waals surface area contributed by atoms with Crippen molar-refractivity contribution >= 4 is 23.4 Å². The third kappa shape index (κ3) is 2.90. The van der Waals surface area contributed by atoms with Gasteiger partial charge in [0.1, 0.15) is 12.2 Å². The Balaban J connectivity index is 1.64. The van der Waals surface area contributed by atoms with Crippen LogP contribution in [0.25, 0.3) is 0 Å². The lowest BCUT2D eigenvalue weighted by Gasteiger charge is -2.49. The van der Waals surface area contributed by atoms with Crippen LogP contribution in [-0.4, -0.2) is 52.3 Å². The molecule has 28 heavy (non-hydrogen) atoms. The number of likely N-dealkylation sites (N-methyl/N-ethyl adjacent to an activating group) is 1. The fourth-order valence-corrected chi connectivity index (χ4v) is 5.20. The lowest BCUT2D eigenvalue weighted by molar-refractivity contribution is -0.136. The molecule has 3 aliphatic rings. The lowest BCUT2D eigenvalue weighted by Crippen LogP contribution is -2.64. The maximum atomic E-state index is 13.3. The van der Waals surface area contributed by atoms with E-state index in [1.54, 1.807) is 21.9 Å². The molecule has 1 atom stereocenters. The molecule has 150 valence electrons. The van der Waals surface area contributed by atoms with Gasteiger partial charge >= 0.3 is 0 Å². The number of rotatable bonds is 4. The first kappa shape index (κ1) is 19.0.